The summed E-state index contributed by atoms with van der Waals surface area (Å²) in [5, 5.41) is 3.26. The second-order valence-electron chi connectivity index (χ2n) is 6.20. The van der Waals surface area contributed by atoms with Gasteiger partial charge in [-0.1, -0.05) is 0 Å². The number of rotatable bonds is 5. The minimum Gasteiger partial charge on any atom is -0.380 e. The molecule has 0 aliphatic carbocycles. The summed E-state index contributed by atoms with van der Waals surface area (Å²) in [6, 6.07) is 0.211. The predicted molar refractivity (Wildman–Crippen MR) is 85.5 cm³/mol. The molecule has 21 heavy (non-hydrogen) atoms. The fourth-order valence-electron chi connectivity index (χ4n) is 3.02. The highest BCUT2D eigenvalue weighted by Gasteiger charge is 2.40. The first-order valence-corrected chi connectivity index (χ1v) is 7.69. The van der Waals surface area contributed by atoms with Crippen molar-refractivity contribution in [2.24, 2.45) is 4.99 Å². The predicted octanol–water partition coefficient (Wildman–Crippen LogP) is 0.930. The van der Waals surface area contributed by atoms with Gasteiger partial charge < -0.3 is 19.9 Å². The molecule has 1 amide bonds. The van der Waals surface area contributed by atoms with Crippen molar-refractivity contribution >= 4 is 11.9 Å². The van der Waals surface area contributed by atoms with Gasteiger partial charge in [0.1, 0.15) is 0 Å². The van der Waals surface area contributed by atoms with E-state index in [2.05, 4.69) is 38.0 Å². The molecule has 0 radical (unpaired) electrons. The molecule has 1 aliphatic rings. The minimum absolute atomic E-state index is 0.147. The van der Waals surface area contributed by atoms with Crippen LogP contribution in [0.25, 0.3) is 0 Å². The molecule has 0 saturated carbocycles. The third-order valence-electron chi connectivity index (χ3n) is 3.59. The molecule has 6 heteroatoms. The minimum atomic E-state index is -0.207. The van der Waals surface area contributed by atoms with Crippen molar-refractivity contribution in [1.29, 1.82) is 0 Å². The number of aliphatic imine (C=N–C) groups is 1. The summed E-state index contributed by atoms with van der Waals surface area (Å²) in [6.07, 6.45) is 0. The third kappa shape index (κ3) is 4.59. The Morgan fingerprint density at radius 3 is 2.62 bits per heavy atom. The monoisotopic (exact) mass is 298 g/mol. The third-order valence-corrected chi connectivity index (χ3v) is 3.59. The molecule has 122 valence electrons. The van der Waals surface area contributed by atoms with E-state index in [1.54, 1.807) is 7.05 Å². The Kier molecular flexibility index (Phi) is 6.45. The van der Waals surface area contributed by atoms with Gasteiger partial charge in [0, 0.05) is 32.8 Å². The summed E-state index contributed by atoms with van der Waals surface area (Å²) in [7, 11) is 1.75. The molecule has 0 aromatic carbocycles. The van der Waals surface area contributed by atoms with E-state index < -0.39 is 0 Å². The quantitative estimate of drug-likeness (QED) is 0.466. The number of hydrogen-bond acceptors (Lipinski definition) is 3. The van der Waals surface area contributed by atoms with Gasteiger partial charge in [-0.05, 0) is 34.6 Å². The van der Waals surface area contributed by atoms with Gasteiger partial charge in [0.15, 0.2) is 5.96 Å². The Labute approximate surface area is 128 Å². The largest absolute Gasteiger partial charge is 0.380 e. The number of carbonyl (C=O) groups excluding carboxylic acids is 1. The van der Waals surface area contributed by atoms with Crippen LogP contribution >= 0.6 is 0 Å². The van der Waals surface area contributed by atoms with Crippen LogP contribution in [0.4, 0.5) is 0 Å². The van der Waals surface area contributed by atoms with Crippen LogP contribution in [-0.4, -0.2) is 73.1 Å². The maximum absolute atomic E-state index is 12.4. The van der Waals surface area contributed by atoms with Crippen molar-refractivity contribution in [3.63, 3.8) is 0 Å². The highest BCUT2D eigenvalue weighted by molar-refractivity contribution is 5.88. The summed E-state index contributed by atoms with van der Waals surface area (Å²) in [5.74, 6) is 0.911. The van der Waals surface area contributed by atoms with Crippen LogP contribution < -0.4 is 5.32 Å². The first-order chi connectivity index (χ1) is 9.83. The van der Waals surface area contributed by atoms with E-state index >= 15 is 0 Å². The molecule has 0 spiro atoms. The molecule has 0 unspecified atom stereocenters. The zero-order valence-electron chi connectivity index (χ0n) is 14.3. The average Bonchev–Trinajstić information content (AvgIpc) is 2.36. The lowest BCUT2D eigenvalue weighted by Crippen LogP contribution is -2.66. The fraction of sp³-hybridized carbons (Fsp3) is 0.867. The van der Waals surface area contributed by atoms with E-state index in [9.17, 15) is 4.79 Å². The topological polar surface area (TPSA) is 57.2 Å². The maximum atomic E-state index is 12.4. The smallest absolute Gasteiger partial charge is 0.242 e. The lowest BCUT2D eigenvalue weighted by molar-refractivity contribution is -0.145. The number of piperazine rings is 1. The van der Waals surface area contributed by atoms with E-state index in [1.807, 2.05) is 16.7 Å². The van der Waals surface area contributed by atoms with Crippen molar-refractivity contribution in [2.45, 2.75) is 46.2 Å². The molecule has 1 heterocycles. The zero-order chi connectivity index (χ0) is 16.0. The van der Waals surface area contributed by atoms with Gasteiger partial charge in [-0.15, -0.1) is 0 Å². The molecule has 0 atom stereocenters. The molecule has 0 bridgehead atoms. The summed E-state index contributed by atoms with van der Waals surface area (Å²) >= 11 is 0. The van der Waals surface area contributed by atoms with Crippen LogP contribution in [0, 0.1) is 0 Å². The Morgan fingerprint density at radius 2 is 2.14 bits per heavy atom. The van der Waals surface area contributed by atoms with Crippen LogP contribution in [0.5, 0.6) is 0 Å². The van der Waals surface area contributed by atoms with Crippen LogP contribution in [0.2, 0.25) is 0 Å². The number of ether oxygens (including phenoxy) is 1. The summed E-state index contributed by atoms with van der Waals surface area (Å²) in [5.41, 5.74) is -0.207. The molecule has 1 aliphatic heterocycles. The summed E-state index contributed by atoms with van der Waals surface area (Å²) in [4.78, 5) is 20.7. The highest BCUT2D eigenvalue weighted by Crippen LogP contribution is 2.24. The molecule has 0 aromatic heterocycles. The fourth-order valence-corrected chi connectivity index (χ4v) is 3.02. The van der Waals surface area contributed by atoms with E-state index in [0.29, 0.717) is 26.3 Å². The summed E-state index contributed by atoms with van der Waals surface area (Å²) < 4.78 is 5.32. The first kappa shape index (κ1) is 17.8. The Hall–Kier alpha value is -1.30. The van der Waals surface area contributed by atoms with Crippen molar-refractivity contribution in [3.8, 4) is 0 Å². The number of amides is 1. The number of carbonyl (C=O) groups is 1. The van der Waals surface area contributed by atoms with Crippen molar-refractivity contribution < 1.29 is 9.53 Å². The van der Waals surface area contributed by atoms with Gasteiger partial charge in [0.2, 0.25) is 5.91 Å². The lowest BCUT2D eigenvalue weighted by Gasteiger charge is -2.49. The van der Waals surface area contributed by atoms with Crippen LogP contribution in [-0.2, 0) is 9.53 Å². The highest BCUT2D eigenvalue weighted by atomic mass is 16.5. The Morgan fingerprint density at radius 1 is 1.48 bits per heavy atom. The van der Waals surface area contributed by atoms with E-state index in [-0.39, 0.29) is 17.5 Å². The van der Waals surface area contributed by atoms with Crippen molar-refractivity contribution in [3.05, 3.63) is 0 Å². The molecular weight excluding hydrogens is 268 g/mol. The average molecular weight is 298 g/mol. The Bertz CT molecular complexity index is 380. The van der Waals surface area contributed by atoms with Crippen LogP contribution in [0.15, 0.2) is 4.99 Å². The van der Waals surface area contributed by atoms with E-state index in [0.717, 1.165) is 12.5 Å². The van der Waals surface area contributed by atoms with E-state index in [4.69, 9.17) is 4.74 Å². The van der Waals surface area contributed by atoms with Gasteiger partial charge in [-0.2, -0.15) is 0 Å². The molecule has 1 N–H and O–H groups in total. The number of nitrogens with one attached hydrogen (secondary N) is 1. The molecule has 1 fully saturated rings. The number of hydrogen-bond donors (Lipinski definition) is 1. The molecule has 1 rings (SSSR count). The van der Waals surface area contributed by atoms with Crippen LogP contribution in [0.3, 0.4) is 0 Å². The number of guanidine groups is 1. The number of nitrogens with zero attached hydrogens (tertiary/aromatic N) is 3. The van der Waals surface area contributed by atoms with Gasteiger partial charge in [-0.25, -0.2) is 0 Å². The van der Waals surface area contributed by atoms with Crippen molar-refractivity contribution in [1.82, 2.24) is 15.1 Å². The second kappa shape index (κ2) is 7.64. The SMILES string of the molecule is CCOCCNC(=NC)N1CC(=O)N(C(C)C)C(C)(C)C1. The van der Waals surface area contributed by atoms with Gasteiger partial charge in [0.25, 0.3) is 0 Å². The lowest BCUT2D eigenvalue weighted by atomic mass is 9.96. The Balaban J connectivity index is 2.70. The van der Waals surface area contributed by atoms with E-state index in [1.165, 1.54) is 0 Å². The van der Waals surface area contributed by atoms with Gasteiger partial charge in [0.05, 0.1) is 18.7 Å². The standard InChI is InChI=1S/C15H30N4O2/c1-7-21-9-8-17-14(16-6)18-10-13(20)19(12(2)3)15(4,5)11-18/h12H,7-11H2,1-6H3,(H,16,17). The first-order valence-electron chi connectivity index (χ1n) is 7.69. The molecular formula is C15H30N4O2. The normalized spacial score (nSPS) is 19.4. The second-order valence-corrected chi connectivity index (χ2v) is 6.20. The molecule has 6 nitrogen and oxygen atoms in total. The molecule has 1 saturated heterocycles. The van der Waals surface area contributed by atoms with Crippen LogP contribution in [0.1, 0.15) is 34.6 Å². The van der Waals surface area contributed by atoms with Gasteiger partial charge >= 0.3 is 0 Å². The van der Waals surface area contributed by atoms with Crippen molar-refractivity contribution in [2.75, 3.05) is 39.9 Å². The molecule has 0 aromatic rings. The zero-order valence-corrected chi connectivity index (χ0v) is 14.3. The summed E-state index contributed by atoms with van der Waals surface area (Å²) in [6.45, 7) is 13.5. The van der Waals surface area contributed by atoms with Gasteiger partial charge in [-0.3, -0.25) is 9.79 Å². The maximum Gasteiger partial charge on any atom is 0.242 e.